The van der Waals surface area contributed by atoms with E-state index in [2.05, 4.69) is 21.2 Å². The molecule has 0 radical (unpaired) electrons. The Bertz CT molecular complexity index is 610. The van der Waals surface area contributed by atoms with Gasteiger partial charge >= 0.3 is 0 Å². The molecule has 2 aromatic carbocycles. The number of carbonyl (C=O) groups excluding carboxylic acids is 1. The number of amides is 1. The summed E-state index contributed by atoms with van der Waals surface area (Å²) in [5.41, 5.74) is 3.36. The lowest BCUT2D eigenvalue weighted by molar-refractivity contribution is 0.0950. The quantitative estimate of drug-likeness (QED) is 0.842. The van der Waals surface area contributed by atoms with Gasteiger partial charge in [0, 0.05) is 17.4 Å². The second kappa shape index (κ2) is 6.66. The standard InChI is InChI=1S/C16H15BrFNO/c1-11-8-14(18)6-7-15(11)16(20)19-10-13-4-2-12(9-17)3-5-13/h2-8H,9-10H2,1H3,(H,19,20). The summed E-state index contributed by atoms with van der Waals surface area (Å²) in [6.07, 6.45) is 0. The number of carbonyl (C=O) groups is 1. The predicted molar refractivity (Wildman–Crippen MR) is 81.4 cm³/mol. The van der Waals surface area contributed by atoms with Crippen molar-refractivity contribution in [3.63, 3.8) is 0 Å². The Morgan fingerprint density at radius 3 is 2.40 bits per heavy atom. The van der Waals surface area contributed by atoms with E-state index in [1.165, 1.54) is 23.8 Å². The molecule has 2 nitrogen and oxygen atoms in total. The number of aryl methyl sites for hydroxylation is 1. The smallest absolute Gasteiger partial charge is 0.251 e. The van der Waals surface area contributed by atoms with Gasteiger partial charge in [-0.1, -0.05) is 40.2 Å². The first-order valence-corrected chi connectivity index (χ1v) is 7.40. The van der Waals surface area contributed by atoms with Crippen LogP contribution in [0.4, 0.5) is 4.39 Å². The summed E-state index contributed by atoms with van der Waals surface area (Å²) in [5.74, 6) is -0.517. The number of halogens is 2. The largest absolute Gasteiger partial charge is 0.348 e. The van der Waals surface area contributed by atoms with Gasteiger partial charge < -0.3 is 5.32 Å². The van der Waals surface area contributed by atoms with Crippen LogP contribution in [0.3, 0.4) is 0 Å². The van der Waals surface area contributed by atoms with Crippen LogP contribution in [0.1, 0.15) is 27.0 Å². The highest BCUT2D eigenvalue weighted by atomic mass is 79.9. The molecule has 0 aliphatic carbocycles. The van der Waals surface area contributed by atoms with Crippen molar-refractivity contribution in [2.75, 3.05) is 0 Å². The molecule has 20 heavy (non-hydrogen) atoms. The summed E-state index contributed by atoms with van der Waals surface area (Å²) in [7, 11) is 0. The maximum atomic E-state index is 13.0. The molecule has 0 atom stereocenters. The lowest BCUT2D eigenvalue weighted by Crippen LogP contribution is -2.23. The Morgan fingerprint density at radius 1 is 1.15 bits per heavy atom. The minimum Gasteiger partial charge on any atom is -0.348 e. The predicted octanol–water partition coefficient (Wildman–Crippen LogP) is 3.96. The van der Waals surface area contributed by atoms with E-state index < -0.39 is 0 Å². The van der Waals surface area contributed by atoms with Gasteiger partial charge in [0.2, 0.25) is 0 Å². The van der Waals surface area contributed by atoms with Gasteiger partial charge in [-0.15, -0.1) is 0 Å². The van der Waals surface area contributed by atoms with Gasteiger partial charge in [0.05, 0.1) is 0 Å². The van der Waals surface area contributed by atoms with E-state index in [4.69, 9.17) is 0 Å². The van der Waals surface area contributed by atoms with Crippen molar-refractivity contribution < 1.29 is 9.18 Å². The molecule has 0 fully saturated rings. The molecule has 0 bridgehead atoms. The average molecular weight is 336 g/mol. The van der Waals surface area contributed by atoms with Crippen LogP contribution in [-0.2, 0) is 11.9 Å². The topological polar surface area (TPSA) is 29.1 Å². The number of nitrogens with one attached hydrogen (secondary N) is 1. The summed E-state index contributed by atoms with van der Waals surface area (Å²) >= 11 is 3.39. The van der Waals surface area contributed by atoms with Crippen molar-refractivity contribution in [1.82, 2.24) is 5.32 Å². The van der Waals surface area contributed by atoms with Crippen molar-refractivity contribution in [1.29, 1.82) is 0 Å². The third kappa shape index (κ3) is 3.67. The fourth-order valence-electron chi connectivity index (χ4n) is 1.91. The summed E-state index contributed by atoms with van der Waals surface area (Å²) in [4.78, 5) is 12.0. The van der Waals surface area contributed by atoms with Crippen molar-refractivity contribution in [3.05, 3.63) is 70.5 Å². The minimum absolute atomic E-state index is 0.188. The van der Waals surface area contributed by atoms with Gasteiger partial charge in [-0.3, -0.25) is 4.79 Å². The Balaban J connectivity index is 2.00. The van der Waals surface area contributed by atoms with Crippen LogP contribution in [0.25, 0.3) is 0 Å². The first kappa shape index (κ1) is 14.7. The highest BCUT2D eigenvalue weighted by Crippen LogP contribution is 2.11. The molecule has 4 heteroatoms. The lowest BCUT2D eigenvalue weighted by atomic mass is 10.1. The van der Waals surface area contributed by atoms with Crippen LogP contribution < -0.4 is 5.32 Å². The zero-order valence-electron chi connectivity index (χ0n) is 11.1. The lowest BCUT2D eigenvalue weighted by Gasteiger charge is -2.08. The van der Waals surface area contributed by atoms with Gasteiger partial charge in [-0.2, -0.15) is 0 Å². The molecule has 0 unspecified atom stereocenters. The SMILES string of the molecule is Cc1cc(F)ccc1C(=O)NCc1ccc(CBr)cc1. The zero-order chi connectivity index (χ0) is 14.5. The summed E-state index contributed by atoms with van der Waals surface area (Å²) < 4.78 is 13.0. The molecule has 0 heterocycles. The van der Waals surface area contributed by atoms with Crippen molar-refractivity contribution in [3.8, 4) is 0 Å². The Kier molecular flexibility index (Phi) is 4.90. The van der Waals surface area contributed by atoms with E-state index in [1.54, 1.807) is 6.92 Å². The zero-order valence-corrected chi connectivity index (χ0v) is 12.7. The van der Waals surface area contributed by atoms with E-state index in [9.17, 15) is 9.18 Å². The van der Waals surface area contributed by atoms with Crippen LogP contribution in [-0.4, -0.2) is 5.91 Å². The maximum Gasteiger partial charge on any atom is 0.251 e. The number of hydrogen-bond acceptors (Lipinski definition) is 1. The molecule has 104 valence electrons. The fraction of sp³-hybridized carbons (Fsp3) is 0.188. The normalized spacial score (nSPS) is 10.3. The molecule has 0 aliphatic rings. The Morgan fingerprint density at radius 2 is 1.80 bits per heavy atom. The molecule has 2 rings (SSSR count). The minimum atomic E-state index is -0.329. The summed E-state index contributed by atoms with van der Waals surface area (Å²) in [6.45, 7) is 2.18. The molecule has 0 saturated carbocycles. The third-order valence-electron chi connectivity index (χ3n) is 3.06. The van der Waals surface area contributed by atoms with E-state index >= 15 is 0 Å². The number of rotatable bonds is 4. The number of alkyl halides is 1. The average Bonchev–Trinajstić information content (AvgIpc) is 2.45. The van der Waals surface area contributed by atoms with E-state index in [1.807, 2.05) is 24.3 Å². The van der Waals surface area contributed by atoms with Crippen LogP contribution in [0.5, 0.6) is 0 Å². The molecule has 0 aliphatic heterocycles. The molecular weight excluding hydrogens is 321 g/mol. The first-order chi connectivity index (χ1) is 9.60. The molecule has 1 N–H and O–H groups in total. The first-order valence-electron chi connectivity index (χ1n) is 6.28. The summed E-state index contributed by atoms with van der Waals surface area (Å²) in [6, 6.07) is 12.2. The third-order valence-corrected chi connectivity index (χ3v) is 3.71. The van der Waals surface area contributed by atoms with Crippen LogP contribution in [0.2, 0.25) is 0 Å². The highest BCUT2D eigenvalue weighted by molar-refractivity contribution is 9.08. The van der Waals surface area contributed by atoms with Gasteiger partial charge in [0.1, 0.15) is 5.82 Å². The number of hydrogen-bond donors (Lipinski definition) is 1. The molecule has 1 amide bonds. The van der Waals surface area contributed by atoms with Crippen LogP contribution in [0.15, 0.2) is 42.5 Å². The fourth-order valence-corrected chi connectivity index (χ4v) is 2.28. The second-order valence-electron chi connectivity index (χ2n) is 4.59. The molecule has 0 aromatic heterocycles. The highest BCUT2D eigenvalue weighted by Gasteiger charge is 2.09. The molecule has 0 saturated heterocycles. The van der Waals surface area contributed by atoms with Crippen molar-refractivity contribution in [2.24, 2.45) is 0 Å². The van der Waals surface area contributed by atoms with E-state index in [0.717, 1.165) is 10.9 Å². The van der Waals surface area contributed by atoms with Crippen molar-refractivity contribution >= 4 is 21.8 Å². The molecular formula is C16H15BrFNO. The Labute approximate surface area is 126 Å². The van der Waals surface area contributed by atoms with Gasteiger partial charge in [0.15, 0.2) is 0 Å². The monoisotopic (exact) mass is 335 g/mol. The maximum absolute atomic E-state index is 13.0. The van der Waals surface area contributed by atoms with Gasteiger partial charge in [-0.05, 0) is 41.8 Å². The van der Waals surface area contributed by atoms with Crippen molar-refractivity contribution in [2.45, 2.75) is 18.8 Å². The van der Waals surface area contributed by atoms with Gasteiger partial charge in [0.25, 0.3) is 5.91 Å². The number of benzene rings is 2. The Hall–Kier alpha value is -1.68. The van der Waals surface area contributed by atoms with E-state index in [0.29, 0.717) is 17.7 Å². The van der Waals surface area contributed by atoms with Crippen LogP contribution in [0, 0.1) is 12.7 Å². The summed E-state index contributed by atoms with van der Waals surface area (Å²) in [5, 5.41) is 3.65. The van der Waals surface area contributed by atoms with E-state index in [-0.39, 0.29) is 11.7 Å². The molecule has 0 spiro atoms. The van der Waals surface area contributed by atoms with Crippen LogP contribution >= 0.6 is 15.9 Å². The second-order valence-corrected chi connectivity index (χ2v) is 5.15. The van der Waals surface area contributed by atoms with Gasteiger partial charge in [-0.25, -0.2) is 4.39 Å². The molecule has 2 aromatic rings.